The molecule has 0 fully saturated rings. The molecule has 0 saturated carbocycles. The molecule has 3 rings (SSSR count). The minimum Gasteiger partial charge on any atom is -0.397 e. The number of hydrogen-bond acceptors (Lipinski definition) is 4. The van der Waals surface area contributed by atoms with Crippen LogP contribution in [0.1, 0.15) is 17.5 Å². The highest BCUT2D eigenvalue weighted by Gasteiger charge is 2.01. The highest BCUT2D eigenvalue weighted by atomic mass is 16.1. The number of amides is 1. The van der Waals surface area contributed by atoms with Gasteiger partial charge in [-0.05, 0) is 54.3 Å². The van der Waals surface area contributed by atoms with E-state index >= 15 is 0 Å². The van der Waals surface area contributed by atoms with E-state index in [0.29, 0.717) is 11.4 Å². The lowest BCUT2D eigenvalue weighted by molar-refractivity contribution is -0.111. The van der Waals surface area contributed by atoms with E-state index in [1.165, 1.54) is 11.6 Å². The van der Waals surface area contributed by atoms with Crippen molar-refractivity contribution in [2.75, 3.05) is 22.9 Å². The van der Waals surface area contributed by atoms with Crippen LogP contribution >= 0.6 is 0 Å². The molecule has 0 spiro atoms. The number of nitrogen functional groups attached to an aromatic ring is 1. The Morgan fingerprint density at radius 1 is 1.00 bits per heavy atom. The van der Waals surface area contributed by atoms with Crippen LogP contribution in [-0.2, 0) is 11.2 Å². The molecule has 0 aliphatic heterocycles. The van der Waals surface area contributed by atoms with E-state index in [-0.39, 0.29) is 5.91 Å². The van der Waals surface area contributed by atoms with Crippen LogP contribution in [0.3, 0.4) is 0 Å². The largest absolute Gasteiger partial charge is 0.397 e. The second-order valence-electron chi connectivity index (χ2n) is 6.40. The first-order valence-electron chi connectivity index (χ1n) is 9.28. The summed E-state index contributed by atoms with van der Waals surface area (Å²) in [5.41, 5.74) is 9.15. The zero-order valence-electron chi connectivity index (χ0n) is 15.6. The van der Waals surface area contributed by atoms with E-state index in [0.717, 1.165) is 30.8 Å². The maximum absolute atomic E-state index is 12.0. The second kappa shape index (κ2) is 9.92. The highest BCUT2D eigenvalue weighted by Crippen LogP contribution is 2.16. The van der Waals surface area contributed by atoms with Crippen LogP contribution < -0.4 is 16.4 Å². The lowest BCUT2D eigenvalue weighted by Crippen LogP contribution is -2.09. The molecular formula is C23H24N4O. The second-order valence-corrected chi connectivity index (χ2v) is 6.40. The number of nitrogens with two attached hydrogens (primary N) is 1. The number of nitrogens with one attached hydrogen (secondary N) is 2. The van der Waals surface area contributed by atoms with Crippen LogP contribution in [0.25, 0.3) is 6.08 Å². The number of hydrogen-bond donors (Lipinski definition) is 3. The zero-order chi connectivity index (χ0) is 19.6. The van der Waals surface area contributed by atoms with Crippen LogP contribution in [0.4, 0.5) is 17.2 Å². The molecule has 2 aromatic carbocycles. The molecule has 0 aliphatic rings. The Morgan fingerprint density at radius 3 is 2.54 bits per heavy atom. The van der Waals surface area contributed by atoms with Crippen LogP contribution in [0.5, 0.6) is 0 Å². The van der Waals surface area contributed by atoms with Crippen molar-refractivity contribution in [2.24, 2.45) is 0 Å². The van der Waals surface area contributed by atoms with Crippen LogP contribution in [0.15, 0.2) is 79.0 Å². The van der Waals surface area contributed by atoms with Gasteiger partial charge in [-0.2, -0.15) is 0 Å². The summed E-state index contributed by atoms with van der Waals surface area (Å²) in [6.07, 6.45) is 7.00. The molecule has 1 amide bonds. The predicted molar refractivity (Wildman–Crippen MR) is 116 cm³/mol. The minimum absolute atomic E-state index is 0.235. The first-order chi connectivity index (χ1) is 13.7. The molecule has 0 saturated heterocycles. The van der Waals surface area contributed by atoms with E-state index in [4.69, 9.17) is 5.73 Å². The van der Waals surface area contributed by atoms with Crippen LogP contribution in [0.2, 0.25) is 0 Å². The molecule has 3 aromatic rings. The number of para-hydroxylation sites is 2. The molecule has 28 heavy (non-hydrogen) atoms. The number of pyridine rings is 1. The van der Waals surface area contributed by atoms with Crippen molar-refractivity contribution < 1.29 is 4.79 Å². The first kappa shape index (κ1) is 19.2. The Balaban J connectivity index is 1.44. The topological polar surface area (TPSA) is 80.0 Å². The molecule has 4 N–H and O–H groups in total. The van der Waals surface area contributed by atoms with Gasteiger partial charge in [-0.25, -0.2) is 4.98 Å². The van der Waals surface area contributed by atoms with Gasteiger partial charge in [0.25, 0.3) is 0 Å². The van der Waals surface area contributed by atoms with Crippen LogP contribution in [-0.4, -0.2) is 17.4 Å². The van der Waals surface area contributed by atoms with Crippen LogP contribution in [0, 0.1) is 0 Å². The summed E-state index contributed by atoms with van der Waals surface area (Å²) < 4.78 is 0. The minimum atomic E-state index is -0.235. The monoisotopic (exact) mass is 372 g/mol. The molecular weight excluding hydrogens is 348 g/mol. The summed E-state index contributed by atoms with van der Waals surface area (Å²) in [7, 11) is 0. The van der Waals surface area contributed by atoms with Crippen molar-refractivity contribution in [1.82, 2.24) is 4.98 Å². The van der Waals surface area contributed by atoms with Crippen molar-refractivity contribution in [3.8, 4) is 0 Å². The van der Waals surface area contributed by atoms with Gasteiger partial charge in [0.05, 0.1) is 11.4 Å². The molecule has 0 atom stereocenters. The first-order valence-corrected chi connectivity index (χ1v) is 9.28. The highest BCUT2D eigenvalue weighted by molar-refractivity contribution is 6.03. The number of aryl methyl sites for hydroxylation is 1. The quantitative estimate of drug-likeness (QED) is 0.312. The molecule has 1 aromatic heterocycles. The summed E-state index contributed by atoms with van der Waals surface area (Å²) in [5.74, 6) is 0.590. The molecule has 0 aliphatic carbocycles. The van der Waals surface area contributed by atoms with Gasteiger partial charge in [-0.15, -0.1) is 0 Å². The summed E-state index contributed by atoms with van der Waals surface area (Å²) >= 11 is 0. The number of benzene rings is 2. The van der Waals surface area contributed by atoms with Gasteiger partial charge in [0.1, 0.15) is 5.82 Å². The number of carbonyl (C=O) groups is 1. The van der Waals surface area contributed by atoms with Gasteiger partial charge >= 0.3 is 0 Å². The molecule has 1 heterocycles. The maximum Gasteiger partial charge on any atom is 0.248 e. The molecule has 142 valence electrons. The van der Waals surface area contributed by atoms with Gasteiger partial charge in [-0.3, -0.25) is 4.79 Å². The lowest BCUT2D eigenvalue weighted by Gasteiger charge is -2.06. The van der Waals surface area contributed by atoms with E-state index in [1.807, 2.05) is 30.3 Å². The third-order valence-electron chi connectivity index (χ3n) is 4.22. The lowest BCUT2D eigenvalue weighted by atomic mass is 10.1. The standard InChI is InChI=1S/C23H24N4O/c24-20-10-4-5-11-21(20)27-23(28)15-13-19-12-14-22(26-17-19)25-16-6-9-18-7-2-1-3-8-18/h1-5,7-8,10-15,17H,6,9,16,24H2,(H,25,26)(H,27,28)/b15-13+. The summed E-state index contributed by atoms with van der Waals surface area (Å²) in [6.45, 7) is 0.859. The normalized spacial score (nSPS) is 10.7. The van der Waals surface area contributed by atoms with E-state index < -0.39 is 0 Å². The summed E-state index contributed by atoms with van der Waals surface area (Å²) in [5, 5.41) is 6.07. The molecule has 0 unspecified atom stereocenters. The Bertz CT molecular complexity index is 921. The van der Waals surface area contributed by atoms with Crippen molar-refractivity contribution in [1.29, 1.82) is 0 Å². The van der Waals surface area contributed by atoms with E-state index in [2.05, 4.69) is 39.9 Å². The average Bonchev–Trinajstić information content (AvgIpc) is 2.73. The van der Waals surface area contributed by atoms with Gasteiger partial charge in [0, 0.05) is 18.8 Å². The molecule has 5 nitrogen and oxygen atoms in total. The fraction of sp³-hybridized carbons (Fsp3) is 0.130. The van der Waals surface area contributed by atoms with Gasteiger partial charge < -0.3 is 16.4 Å². The van der Waals surface area contributed by atoms with Gasteiger partial charge in [-0.1, -0.05) is 42.5 Å². The van der Waals surface area contributed by atoms with E-state index in [1.54, 1.807) is 24.4 Å². The molecule has 0 radical (unpaired) electrons. The van der Waals surface area contributed by atoms with Crippen molar-refractivity contribution in [2.45, 2.75) is 12.8 Å². The van der Waals surface area contributed by atoms with Crippen molar-refractivity contribution >= 4 is 29.2 Å². The Labute approximate surface area is 165 Å². The van der Waals surface area contributed by atoms with Gasteiger partial charge in [0.15, 0.2) is 0 Å². The summed E-state index contributed by atoms with van der Waals surface area (Å²) in [6, 6.07) is 21.4. The van der Waals surface area contributed by atoms with Gasteiger partial charge in [0.2, 0.25) is 5.91 Å². The average molecular weight is 372 g/mol. The molecule has 5 heteroatoms. The fourth-order valence-electron chi connectivity index (χ4n) is 2.72. The van der Waals surface area contributed by atoms with E-state index in [9.17, 15) is 4.79 Å². The Hall–Kier alpha value is -3.60. The maximum atomic E-state index is 12.0. The summed E-state index contributed by atoms with van der Waals surface area (Å²) in [4.78, 5) is 16.4. The Kier molecular flexibility index (Phi) is 6.79. The smallest absolute Gasteiger partial charge is 0.248 e. The number of carbonyl (C=O) groups excluding carboxylic acids is 1. The number of rotatable bonds is 8. The number of nitrogens with zero attached hydrogens (tertiary/aromatic N) is 1. The fourth-order valence-corrected chi connectivity index (χ4v) is 2.72. The third kappa shape index (κ3) is 5.99. The third-order valence-corrected chi connectivity index (χ3v) is 4.22. The predicted octanol–water partition coefficient (Wildman–Crippen LogP) is 4.36. The Morgan fingerprint density at radius 2 is 1.79 bits per heavy atom. The number of anilines is 3. The van der Waals surface area contributed by atoms with Crippen molar-refractivity contribution in [3.05, 3.63) is 90.1 Å². The zero-order valence-corrected chi connectivity index (χ0v) is 15.6. The number of aromatic nitrogens is 1. The molecule has 0 bridgehead atoms. The SMILES string of the molecule is Nc1ccccc1NC(=O)/C=C/c1ccc(NCCCc2ccccc2)nc1. The van der Waals surface area contributed by atoms with Crippen molar-refractivity contribution in [3.63, 3.8) is 0 Å².